The maximum Gasteiger partial charge on any atom is 0.261 e. The van der Waals surface area contributed by atoms with E-state index in [1.54, 1.807) is 13.0 Å². The first kappa shape index (κ1) is 23.6. The van der Waals surface area contributed by atoms with Crippen LogP contribution in [0.4, 0.5) is 11.4 Å². The van der Waals surface area contributed by atoms with Gasteiger partial charge in [-0.2, -0.15) is 0 Å². The second-order valence-corrected chi connectivity index (χ2v) is 11.1. The SMILES string of the molecule is Cc1ccc(NC(=O)c2cc(S(=O)(=O)Nc3ccc(S(C)(=O)=O)cc3)ccc2Cl)c(O)c1. The Labute approximate surface area is 190 Å². The lowest BCUT2D eigenvalue weighted by molar-refractivity contribution is 0.102. The van der Waals surface area contributed by atoms with Crippen LogP contribution in [-0.4, -0.2) is 34.1 Å². The molecule has 0 aliphatic carbocycles. The summed E-state index contributed by atoms with van der Waals surface area (Å²) in [6.07, 6.45) is 1.04. The minimum atomic E-state index is -4.11. The highest BCUT2D eigenvalue weighted by Gasteiger charge is 2.20. The van der Waals surface area contributed by atoms with Gasteiger partial charge in [0.1, 0.15) is 5.75 Å². The van der Waals surface area contributed by atoms with Crippen LogP contribution in [0.3, 0.4) is 0 Å². The molecule has 32 heavy (non-hydrogen) atoms. The Morgan fingerprint density at radius 1 is 0.906 bits per heavy atom. The van der Waals surface area contributed by atoms with Crippen molar-refractivity contribution in [3.8, 4) is 5.75 Å². The van der Waals surface area contributed by atoms with E-state index in [9.17, 15) is 26.7 Å². The van der Waals surface area contributed by atoms with Gasteiger partial charge in [0.2, 0.25) is 0 Å². The number of aromatic hydroxyl groups is 1. The van der Waals surface area contributed by atoms with Gasteiger partial charge in [0, 0.05) is 11.9 Å². The van der Waals surface area contributed by atoms with E-state index in [2.05, 4.69) is 10.0 Å². The number of sulfonamides is 1. The standard InChI is InChI=1S/C21H19ClN2O6S2/c1-13-3-10-19(20(25)11-13)23-21(26)17-12-16(8-9-18(17)22)32(29,30)24-14-4-6-15(7-5-14)31(2,27)28/h3-12,24-25H,1-2H3,(H,23,26). The van der Waals surface area contributed by atoms with Gasteiger partial charge in [-0.25, -0.2) is 16.8 Å². The molecule has 1 amide bonds. The highest BCUT2D eigenvalue weighted by Crippen LogP contribution is 2.27. The normalized spacial score (nSPS) is 11.7. The second kappa shape index (κ2) is 8.81. The lowest BCUT2D eigenvalue weighted by Gasteiger charge is -2.12. The number of rotatable bonds is 6. The Kier molecular flexibility index (Phi) is 6.49. The van der Waals surface area contributed by atoms with Crippen LogP contribution in [0.2, 0.25) is 5.02 Å². The van der Waals surface area contributed by atoms with Gasteiger partial charge in [-0.3, -0.25) is 9.52 Å². The summed E-state index contributed by atoms with van der Waals surface area (Å²) in [7, 11) is -7.53. The van der Waals surface area contributed by atoms with Gasteiger partial charge >= 0.3 is 0 Å². The molecule has 8 nitrogen and oxygen atoms in total. The average Bonchev–Trinajstić information content (AvgIpc) is 2.69. The molecule has 0 aliphatic rings. The summed E-state index contributed by atoms with van der Waals surface area (Å²) in [4.78, 5) is 12.5. The first-order valence-corrected chi connectivity index (χ1v) is 12.9. The molecule has 3 N–H and O–H groups in total. The number of nitrogens with one attached hydrogen (secondary N) is 2. The summed E-state index contributed by atoms with van der Waals surface area (Å²) in [6, 6.07) is 13.5. The van der Waals surface area contributed by atoms with Gasteiger partial charge in [-0.05, 0) is 67.1 Å². The summed E-state index contributed by atoms with van der Waals surface area (Å²) < 4.78 is 51.0. The Morgan fingerprint density at radius 3 is 2.12 bits per heavy atom. The molecule has 0 bridgehead atoms. The molecular formula is C21H19ClN2O6S2. The van der Waals surface area contributed by atoms with Crippen LogP contribution in [0, 0.1) is 6.92 Å². The predicted octanol–water partition coefficient (Wildman–Crippen LogP) is 3.81. The molecule has 0 atom stereocenters. The molecule has 3 aromatic rings. The van der Waals surface area contributed by atoms with Crippen LogP contribution in [0.1, 0.15) is 15.9 Å². The van der Waals surface area contributed by atoms with Crippen LogP contribution in [0.5, 0.6) is 5.75 Å². The molecule has 0 spiro atoms. The lowest BCUT2D eigenvalue weighted by atomic mass is 10.2. The summed E-state index contributed by atoms with van der Waals surface area (Å²) >= 11 is 6.10. The van der Waals surface area contributed by atoms with Gasteiger partial charge in [0.25, 0.3) is 15.9 Å². The molecular weight excluding hydrogens is 476 g/mol. The molecule has 0 unspecified atom stereocenters. The van der Waals surface area contributed by atoms with Crippen molar-refractivity contribution in [2.24, 2.45) is 0 Å². The quantitative estimate of drug-likeness (QED) is 0.447. The number of phenols is 1. The van der Waals surface area contributed by atoms with Gasteiger partial charge in [-0.15, -0.1) is 0 Å². The zero-order valence-corrected chi connectivity index (χ0v) is 19.3. The average molecular weight is 495 g/mol. The lowest BCUT2D eigenvalue weighted by Crippen LogP contribution is -2.16. The highest BCUT2D eigenvalue weighted by molar-refractivity contribution is 7.92. The number of carbonyl (C=O) groups is 1. The van der Waals surface area contributed by atoms with E-state index in [4.69, 9.17) is 11.6 Å². The molecule has 0 aromatic heterocycles. The molecule has 0 radical (unpaired) electrons. The maximum absolute atomic E-state index is 12.8. The van der Waals surface area contributed by atoms with Crippen molar-refractivity contribution in [1.82, 2.24) is 0 Å². The first-order valence-electron chi connectivity index (χ1n) is 9.10. The fourth-order valence-corrected chi connectivity index (χ4v) is 4.69. The van der Waals surface area contributed by atoms with E-state index < -0.39 is 25.8 Å². The highest BCUT2D eigenvalue weighted by atomic mass is 35.5. The largest absolute Gasteiger partial charge is 0.506 e. The van der Waals surface area contributed by atoms with Gasteiger partial charge < -0.3 is 10.4 Å². The van der Waals surface area contributed by atoms with Crippen LogP contribution in [0.15, 0.2) is 70.5 Å². The Morgan fingerprint density at radius 2 is 1.53 bits per heavy atom. The van der Waals surface area contributed by atoms with Crippen LogP contribution in [-0.2, 0) is 19.9 Å². The number of halogens is 1. The van der Waals surface area contributed by atoms with Crippen molar-refractivity contribution in [1.29, 1.82) is 0 Å². The Balaban J connectivity index is 1.87. The van der Waals surface area contributed by atoms with Crippen molar-refractivity contribution >= 4 is 48.7 Å². The number of aryl methyl sites for hydroxylation is 1. The van der Waals surface area contributed by atoms with Gasteiger partial charge in [0.15, 0.2) is 9.84 Å². The van der Waals surface area contributed by atoms with Crippen molar-refractivity contribution in [3.63, 3.8) is 0 Å². The van der Waals surface area contributed by atoms with E-state index >= 15 is 0 Å². The number of anilines is 2. The number of phenolic OH excluding ortho intramolecular Hbond substituents is 1. The number of amides is 1. The summed E-state index contributed by atoms with van der Waals surface area (Å²) in [6.45, 7) is 1.78. The van der Waals surface area contributed by atoms with Crippen molar-refractivity contribution < 1.29 is 26.7 Å². The third-order valence-corrected chi connectivity index (χ3v) is 7.27. The van der Waals surface area contributed by atoms with E-state index in [0.717, 1.165) is 17.9 Å². The zero-order valence-electron chi connectivity index (χ0n) is 17.0. The number of benzene rings is 3. The van der Waals surface area contributed by atoms with E-state index in [-0.39, 0.29) is 37.5 Å². The summed E-state index contributed by atoms with van der Waals surface area (Å²) in [5.74, 6) is -0.846. The molecule has 0 heterocycles. The van der Waals surface area contributed by atoms with E-state index in [1.807, 2.05) is 0 Å². The third-order valence-electron chi connectivity index (χ3n) is 4.43. The number of sulfone groups is 1. The van der Waals surface area contributed by atoms with Gasteiger partial charge in [0.05, 0.1) is 26.1 Å². The smallest absolute Gasteiger partial charge is 0.261 e. The summed E-state index contributed by atoms with van der Waals surface area (Å²) in [5.41, 5.74) is 0.973. The van der Waals surface area contributed by atoms with Crippen molar-refractivity contribution in [2.75, 3.05) is 16.3 Å². The van der Waals surface area contributed by atoms with Gasteiger partial charge in [-0.1, -0.05) is 17.7 Å². The molecule has 0 fully saturated rings. The molecule has 0 saturated heterocycles. The first-order chi connectivity index (χ1) is 14.9. The second-order valence-electron chi connectivity index (χ2n) is 7.02. The molecule has 3 rings (SSSR count). The molecule has 11 heteroatoms. The van der Waals surface area contributed by atoms with Crippen LogP contribution in [0.25, 0.3) is 0 Å². The minimum absolute atomic E-state index is 0.0190. The Bertz CT molecular complexity index is 1400. The minimum Gasteiger partial charge on any atom is -0.506 e. The zero-order chi connectivity index (χ0) is 23.7. The van der Waals surface area contributed by atoms with Crippen LogP contribution < -0.4 is 10.0 Å². The molecule has 0 saturated carbocycles. The van der Waals surface area contributed by atoms with Crippen molar-refractivity contribution in [2.45, 2.75) is 16.7 Å². The Hall–Kier alpha value is -3.08. The third kappa shape index (κ3) is 5.39. The monoisotopic (exact) mass is 494 g/mol. The van der Waals surface area contributed by atoms with Crippen molar-refractivity contribution in [3.05, 3.63) is 76.8 Å². The predicted molar refractivity (Wildman–Crippen MR) is 123 cm³/mol. The fourth-order valence-electron chi connectivity index (χ4n) is 2.77. The summed E-state index contributed by atoms with van der Waals surface area (Å²) in [5, 5.41) is 12.5. The molecule has 0 aliphatic heterocycles. The van der Waals surface area contributed by atoms with E-state index in [0.29, 0.717) is 0 Å². The van der Waals surface area contributed by atoms with Crippen LogP contribution >= 0.6 is 11.6 Å². The number of hydrogen-bond acceptors (Lipinski definition) is 6. The molecule has 168 valence electrons. The molecule has 3 aromatic carbocycles. The maximum atomic E-state index is 12.8. The fraction of sp³-hybridized carbons (Fsp3) is 0.0952. The number of hydrogen-bond donors (Lipinski definition) is 3. The van der Waals surface area contributed by atoms with E-state index in [1.165, 1.54) is 48.5 Å². The number of carbonyl (C=O) groups excluding carboxylic acids is 1. The topological polar surface area (TPSA) is 130 Å².